The van der Waals surface area contributed by atoms with Crippen LogP contribution in [0.1, 0.15) is 54.4 Å². The van der Waals surface area contributed by atoms with Crippen molar-refractivity contribution < 1.29 is 9.59 Å². The van der Waals surface area contributed by atoms with Gasteiger partial charge in [0.25, 0.3) is 11.5 Å². The number of hydrogen-bond donors (Lipinski definition) is 2. The smallest absolute Gasteiger partial charge is 0.271 e. The molecule has 4 rings (SSSR count). The van der Waals surface area contributed by atoms with Crippen LogP contribution in [0.4, 0.5) is 11.4 Å². The number of anilines is 2. The summed E-state index contributed by atoms with van der Waals surface area (Å²) in [7, 11) is 0. The van der Waals surface area contributed by atoms with E-state index in [9.17, 15) is 14.4 Å². The number of H-pyrrole nitrogens is 1. The van der Waals surface area contributed by atoms with Crippen molar-refractivity contribution in [2.75, 3.05) is 23.3 Å². The number of aromatic amines is 1. The Morgan fingerprint density at radius 2 is 1.72 bits per heavy atom. The quantitative estimate of drug-likeness (QED) is 0.832. The molecule has 1 saturated heterocycles. The second-order valence-electron chi connectivity index (χ2n) is 7.67. The lowest BCUT2D eigenvalue weighted by atomic mass is 9.94. The van der Waals surface area contributed by atoms with E-state index >= 15 is 0 Å². The van der Waals surface area contributed by atoms with Crippen LogP contribution in [0.5, 0.6) is 0 Å². The normalized spacial score (nSPS) is 17.0. The lowest BCUT2D eigenvalue weighted by molar-refractivity contribution is -0.114. The molecule has 0 spiro atoms. The summed E-state index contributed by atoms with van der Waals surface area (Å²) in [6.07, 6.45) is 9.03. The van der Waals surface area contributed by atoms with Crippen LogP contribution in [-0.4, -0.2) is 29.8 Å². The molecule has 0 saturated carbocycles. The predicted molar refractivity (Wildman–Crippen MR) is 114 cm³/mol. The van der Waals surface area contributed by atoms with Gasteiger partial charge >= 0.3 is 0 Å². The Morgan fingerprint density at radius 1 is 0.966 bits per heavy atom. The summed E-state index contributed by atoms with van der Waals surface area (Å²) in [6, 6.07) is 9.14. The second kappa shape index (κ2) is 8.47. The van der Waals surface area contributed by atoms with Crippen molar-refractivity contribution in [2.24, 2.45) is 0 Å². The highest BCUT2D eigenvalue weighted by molar-refractivity contribution is 6.04. The molecule has 1 aromatic carbocycles. The summed E-state index contributed by atoms with van der Waals surface area (Å²) < 4.78 is 0. The van der Waals surface area contributed by atoms with Gasteiger partial charge in [-0.2, -0.15) is 0 Å². The molecule has 1 aliphatic heterocycles. The van der Waals surface area contributed by atoms with Gasteiger partial charge in [-0.25, -0.2) is 0 Å². The monoisotopic (exact) mass is 391 g/mol. The number of carbonyl (C=O) groups excluding carboxylic acids is 2. The molecule has 2 aromatic rings. The van der Waals surface area contributed by atoms with Gasteiger partial charge < -0.3 is 15.2 Å². The van der Waals surface area contributed by atoms with Crippen molar-refractivity contribution in [3.63, 3.8) is 0 Å². The van der Waals surface area contributed by atoms with Crippen LogP contribution in [0.25, 0.3) is 5.57 Å². The van der Waals surface area contributed by atoms with Crippen molar-refractivity contribution in [1.82, 2.24) is 4.98 Å². The number of nitrogens with zero attached hydrogens (tertiary/aromatic N) is 1. The van der Waals surface area contributed by atoms with Gasteiger partial charge in [0.2, 0.25) is 0 Å². The fourth-order valence-electron chi connectivity index (χ4n) is 3.95. The van der Waals surface area contributed by atoms with Crippen LogP contribution in [0.3, 0.4) is 0 Å². The van der Waals surface area contributed by atoms with Crippen molar-refractivity contribution in [1.29, 1.82) is 0 Å². The van der Waals surface area contributed by atoms with Crippen LogP contribution in [0, 0.1) is 0 Å². The van der Waals surface area contributed by atoms with E-state index in [1.165, 1.54) is 19.3 Å². The Kier molecular flexibility index (Phi) is 5.60. The standard InChI is InChI=1S/C23H25N3O3/c27-20-6-4-5-17(13-20)18-14-21(23(29)24-15-18)25-22(28)16-7-9-19(10-8-16)26-11-2-1-3-12-26/h7-10,13-15H,1-6,11-12H2,(H,24,29)(H,25,28). The third-order valence-corrected chi connectivity index (χ3v) is 5.58. The van der Waals surface area contributed by atoms with E-state index < -0.39 is 0 Å². The maximum Gasteiger partial charge on any atom is 0.271 e. The molecule has 29 heavy (non-hydrogen) atoms. The number of aromatic nitrogens is 1. The van der Waals surface area contributed by atoms with Crippen LogP contribution in [0.2, 0.25) is 0 Å². The Bertz CT molecular complexity index is 999. The number of allylic oxidation sites excluding steroid dienone is 2. The Morgan fingerprint density at radius 3 is 2.45 bits per heavy atom. The van der Waals surface area contributed by atoms with Crippen molar-refractivity contribution in [3.05, 3.63) is 64.1 Å². The highest BCUT2D eigenvalue weighted by Gasteiger charge is 2.15. The highest BCUT2D eigenvalue weighted by atomic mass is 16.2. The molecule has 0 bridgehead atoms. The molecule has 1 aromatic heterocycles. The maximum atomic E-state index is 12.6. The summed E-state index contributed by atoms with van der Waals surface area (Å²) in [5.74, 6) is -0.233. The van der Waals surface area contributed by atoms with Crippen molar-refractivity contribution >= 4 is 28.6 Å². The number of piperidine rings is 1. The lowest BCUT2D eigenvalue weighted by Crippen LogP contribution is -2.29. The number of pyridine rings is 1. The van der Waals surface area contributed by atoms with E-state index in [1.807, 2.05) is 12.1 Å². The van der Waals surface area contributed by atoms with E-state index in [0.717, 1.165) is 42.8 Å². The second-order valence-corrected chi connectivity index (χ2v) is 7.67. The predicted octanol–water partition coefficient (Wildman–Crippen LogP) is 3.75. The zero-order chi connectivity index (χ0) is 20.2. The van der Waals surface area contributed by atoms with Gasteiger partial charge in [-0.3, -0.25) is 14.4 Å². The van der Waals surface area contributed by atoms with Crippen LogP contribution in [-0.2, 0) is 4.79 Å². The lowest BCUT2D eigenvalue weighted by Gasteiger charge is -2.28. The number of amides is 1. The van der Waals surface area contributed by atoms with E-state index in [1.54, 1.807) is 30.5 Å². The molecule has 2 heterocycles. The molecular formula is C23H25N3O3. The minimum absolute atomic E-state index is 0.0943. The molecule has 6 nitrogen and oxygen atoms in total. The number of hydrogen-bond acceptors (Lipinski definition) is 4. The Hall–Kier alpha value is -3.15. The Balaban J connectivity index is 1.50. The average molecular weight is 391 g/mol. The third-order valence-electron chi connectivity index (χ3n) is 5.58. The van der Waals surface area contributed by atoms with Gasteiger partial charge in [-0.1, -0.05) is 0 Å². The first-order chi connectivity index (χ1) is 14.1. The van der Waals surface area contributed by atoms with Gasteiger partial charge in [0.05, 0.1) is 0 Å². The number of carbonyl (C=O) groups is 2. The number of nitrogens with one attached hydrogen (secondary N) is 2. The molecule has 0 unspecified atom stereocenters. The molecule has 1 amide bonds. The first-order valence-electron chi connectivity index (χ1n) is 10.2. The van der Waals surface area contributed by atoms with Gasteiger partial charge in [-0.15, -0.1) is 0 Å². The summed E-state index contributed by atoms with van der Waals surface area (Å²) in [5.41, 5.74) is 3.09. The molecule has 2 N–H and O–H groups in total. The fourth-order valence-corrected chi connectivity index (χ4v) is 3.95. The molecule has 0 radical (unpaired) electrons. The molecule has 0 atom stereocenters. The SMILES string of the molecule is O=C1C=C(c2c[nH]c(=O)c(NC(=O)c3ccc(N4CCCCC4)cc3)c2)CCC1. The number of ketones is 1. The third kappa shape index (κ3) is 4.47. The number of benzene rings is 1. The largest absolute Gasteiger partial charge is 0.372 e. The van der Waals surface area contributed by atoms with Crippen molar-refractivity contribution in [2.45, 2.75) is 38.5 Å². The van der Waals surface area contributed by atoms with E-state index in [0.29, 0.717) is 12.0 Å². The van der Waals surface area contributed by atoms with E-state index in [2.05, 4.69) is 15.2 Å². The van der Waals surface area contributed by atoms with Gasteiger partial charge in [0.1, 0.15) is 5.69 Å². The highest BCUT2D eigenvalue weighted by Crippen LogP contribution is 2.26. The summed E-state index contributed by atoms with van der Waals surface area (Å²) in [5, 5.41) is 2.71. The van der Waals surface area contributed by atoms with Crippen LogP contribution < -0.4 is 15.8 Å². The Labute approximate surface area is 169 Å². The molecule has 6 heteroatoms. The molecule has 150 valence electrons. The molecule has 2 aliphatic rings. The van der Waals surface area contributed by atoms with E-state index in [-0.39, 0.29) is 22.9 Å². The summed E-state index contributed by atoms with van der Waals surface area (Å²) in [4.78, 5) is 41.5. The summed E-state index contributed by atoms with van der Waals surface area (Å²) >= 11 is 0. The molecule has 1 fully saturated rings. The van der Waals surface area contributed by atoms with Crippen LogP contribution in [0.15, 0.2) is 47.4 Å². The minimum Gasteiger partial charge on any atom is -0.372 e. The van der Waals surface area contributed by atoms with Crippen LogP contribution >= 0.6 is 0 Å². The first kappa shape index (κ1) is 19.2. The average Bonchev–Trinajstić information content (AvgIpc) is 2.76. The molecular weight excluding hydrogens is 366 g/mol. The van der Waals surface area contributed by atoms with Gasteiger partial charge in [0.15, 0.2) is 5.78 Å². The molecule has 1 aliphatic carbocycles. The van der Waals surface area contributed by atoms with Crippen molar-refractivity contribution in [3.8, 4) is 0 Å². The van der Waals surface area contributed by atoms with Gasteiger partial charge in [0, 0.05) is 37.0 Å². The number of rotatable bonds is 4. The van der Waals surface area contributed by atoms with Gasteiger partial charge in [-0.05, 0) is 79.6 Å². The topological polar surface area (TPSA) is 82.3 Å². The zero-order valence-electron chi connectivity index (χ0n) is 16.4. The maximum absolute atomic E-state index is 12.6. The first-order valence-corrected chi connectivity index (χ1v) is 10.2. The zero-order valence-corrected chi connectivity index (χ0v) is 16.4. The fraction of sp³-hybridized carbons (Fsp3) is 0.348. The van der Waals surface area contributed by atoms with E-state index in [4.69, 9.17) is 0 Å². The minimum atomic E-state index is -0.366. The summed E-state index contributed by atoms with van der Waals surface area (Å²) in [6.45, 7) is 2.10.